The number of carbonyl (C=O) groups is 1. The van der Waals surface area contributed by atoms with Gasteiger partial charge in [0.2, 0.25) is 0 Å². The summed E-state index contributed by atoms with van der Waals surface area (Å²) in [4.78, 5) is 13.3. The highest BCUT2D eigenvalue weighted by atomic mass is 19.1. The van der Waals surface area contributed by atoms with Crippen molar-refractivity contribution in [1.29, 1.82) is 0 Å². The number of ether oxygens (including phenoxy) is 1. The van der Waals surface area contributed by atoms with Gasteiger partial charge in [0, 0.05) is 29.2 Å². The largest absolute Gasteiger partial charge is 0.469 e. The van der Waals surface area contributed by atoms with Crippen molar-refractivity contribution in [2.75, 3.05) is 0 Å². The summed E-state index contributed by atoms with van der Waals surface area (Å²) in [5.74, 6) is 5.94. The molecule has 35 heavy (non-hydrogen) atoms. The maximum Gasteiger partial charge on any atom is 0.199 e. The number of ketones is 1. The first-order valence-corrected chi connectivity index (χ1v) is 11.5. The molecule has 0 bridgehead atoms. The highest BCUT2D eigenvalue weighted by Crippen LogP contribution is 2.44. The van der Waals surface area contributed by atoms with Crippen LogP contribution in [0.15, 0.2) is 109 Å². The van der Waals surface area contributed by atoms with E-state index in [-0.39, 0.29) is 5.56 Å². The molecule has 4 aromatic rings. The molecule has 5 rings (SSSR count). The van der Waals surface area contributed by atoms with Crippen LogP contribution in [-0.2, 0) is 16.8 Å². The van der Waals surface area contributed by atoms with E-state index in [4.69, 9.17) is 4.74 Å². The van der Waals surface area contributed by atoms with E-state index in [2.05, 4.69) is 17.9 Å². The quantitative estimate of drug-likeness (QED) is 0.141. The first-order valence-electron chi connectivity index (χ1n) is 11.5. The lowest BCUT2D eigenvalue weighted by molar-refractivity contribution is 0.0715. The van der Waals surface area contributed by atoms with E-state index in [1.54, 1.807) is 19.1 Å². The summed E-state index contributed by atoms with van der Waals surface area (Å²) in [6.45, 7) is 1.72. The van der Waals surface area contributed by atoms with Gasteiger partial charge in [0.05, 0.1) is 5.56 Å². The number of halogens is 1. The Morgan fingerprint density at radius 1 is 0.886 bits per heavy atom. The molecule has 1 aliphatic carbocycles. The van der Waals surface area contributed by atoms with E-state index < -0.39 is 17.2 Å². The molecule has 0 fully saturated rings. The summed E-state index contributed by atoms with van der Waals surface area (Å²) in [5, 5.41) is 0. The van der Waals surface area contributed by atoms with E-state index in [1.807, 2.05) is 78.9 Å². The van der Waals surface area contributed by atoms with Crippen LogP contribution < -0.4 is 0 Å². The lowest BCUT2D eigenvalue weighted by Crippen LogP contribution is -2.40. The second-order valence-electron chi connectivity index (χ2n) is 8.55. The van der Waals surface area contributed by atoms with E-state index in [1.165, 1.54) is 12.1 Å². The molecule has 0 saturated heterocycles. The standard InChI is InChI=1S/C32H23FO2/c1-23-11-10-18-28(33)31(23)29(34)21-30(25-14-6-3-7-15-25)35-32(20-19-24-12-4-2-5-13-24)22-26-16-8-9-17-27(26)32/h2-18,21H,22H2,1H3/b30-21+/t32-/m1/s1. The number of allylic oxidation sites excluding steroid dienone is 1. The van der Waals surface area contributed by atoms with E-state index in [9.17, 15) is 9.18 Å². The molecule has 0 unspecified atom stereocenters. The van der Waals surface area contributed by atoms with Crippen molar-refractivity contribution in [3.8, 4) is 11.8 Å². The molecular weight excluding hydrogens is 435 g/mol. The lowest BCUT2D eigenvalue weighted by atomic mass is 9.73. The van der Waals surface area contributed by atoms with Crippen LogP contribution >= 0.6 is 0 Å². The third-order valence-electron chi connectivity index (χ3n) is 6.15. The molecule has 1 aliphatic rings. The Morgan fingerprint density at radius 3 is 2.29 bits per heavy atom. The Kier molecular flexibility index (Phi) is 6.04. The third-order valence-corrected chi connectivity index (χ3v) is 6.15. The van der Waals surface area contributed by atoms with Gasteiger partial charge in [-0.25, -0.2) is 4.39 Å². The zero-order valence-corrected chi connectivity index (χ0v) is 19.3. The van der Waals surface area contributed by atoms with Crippen molar-refractivity contribution in [3.63, 3.8) is 0 Å². The topological polar surface area (TPSA) is 26.3 Å². The van der Waals surface area contributed by atoms with Crippen molar-refractivity contribution < 1.29 is 13.9 Å². The predicted molar refractivity (Wildman–Crippen MR) is 136 cm³/mol. The summed E-state index contributed by atoms with van der Waals surface area (Å²) in [5.41, 5.74) is 3.43. The van der Waals surface area contributed by atoms with Crippen LogP contribution in [0, 0.1) is 24.6 Å². The van der Waals surface area contributed by atoms with Crippen LogP contribution in [-0.4, -0.2) is 5.78 Å². The van der Waals surface area contributed by atoms with Gasteiger partial charge in [0.25, 0.3) is 0 Å². The summed E-state index contributed by atoms with van der Waals surface area (Å²) < 4.78 is 21.2. The van der Waals surface area contributed by atoms with Crippen LogP contribution in [0.3, 0.4) is 0 Å². The number of rotatable bonds is 5. The second-order valence-corrected chi connectivity index (χ2v) is 8.55. The van der Waals surface area contributed by atoms with Crippen molar-refractivity contribution in [2.24, 2.45) is 0 Å². The normalized spacial score (nSPS) is 16.3. The highest BCUT2D eigenvalue weighted by molar-refractivity contribution is 6.09. The summed E-state index contributed by atoms with van der Waals surface area (Å²) in [6, 6.07) is 31.7. The van der Waals surface area contributed by atoms with Crippen molar-refractivity contribution in [3.05, 3.63) is 148 Å². The van der Waals surface area contributed by atoms with Crippen LogP contribution in [0.25, 0.3) is 5.76 Å². The monoisotopic (exact) mass is 458 g/mol. The smallest absolute Gasteiger partial charge is 0.199 e. The fourth-order valence-corrected chi connectivity index (χ4v) is 4.34. The minimum absolute atomic E-state index is 0.0444. The Hall–Kier alpha value is -4.42. The van der Waals surface area contributed by atoms with E-state index >= 15 is 0 Å². The van der Waals surface area contributed by atoms with Gasteiger partial charge in [-0.1, -0.05) is 90.8 Å². The number of hydrogen-bond donors (Lipinski definition) is 0. The number of hydrogen-bond acceptors (Lipinski definition) is 2. The Labute approximate surface area is 204 Å². The second kappa shape index (κ2) is 9.44. The average Bonchev–Trinajstić information content (AvgIpc) is 2.87. The average molecular weight is 459 g/mol. The molecule has 0 amide bonds. The molecule has 0 radical (unpaired) electrons. The summed E-state index contributed by atoms with van der Waals surface area (Å²) >= 11 is 0. The zero-order valence-electron chi connectivity index (χ0n) is 19.3. The van der Waals surface area contributed by atoms with Crippen LogP contribution in [0.5, 0.6) is 0 Å². The first kappa shape index (κ1) is 22.4. The third kappa shape index (κ3) is 4.52. The van der Waals surface area contributed by atoms with Gasteiger partial charge in [-0.05, 0) is 42.2 Å². The number of fused-ring (bicyclic) bond motifs is 1. The molecule has 170 valence electrons. The van der Waals surface area contributed by atoms with Gasteiger partial charge in [-0.3, -0.25) is 4.79 Å². The molecule has 4 aromatic carbocycles. The minimum atomic E-state index is -0.918. The SMILES string of the molecule is Cc1cccc(F)c1C(=O)/C=C(/O[C@]1(C#Cc2ccccc2)Cc2ccccc21)c1ccccc1. The summed E-state index contributed by atoms with van der Waals surface area (Å²) in [6.07, 6.45) is 1.97. The first-order chi connectivity index (χ1) is 17.1. The zero-order chi connectivity index (χ0) is 24.3. The fraction of sp³-hybridized carbons (Fsp3) is 0.0938. The summed E-state index contributed by atoms with van der Waals surface area (Å²) in [7, 11) is 0. The Balaban J connectivity index is 1.60. The Bertz CT molecular complexity index is 1460. The number of benzene rings is 4. The van der Waals surface area contributed by atoms with Gasteiger partial charge in [0.1, 0.15) is 11.6 Å². The molecule has 0 saturated carbocycles. The number of aryl methyl sites for hydroxylation is 1. The molecule has 3 heteroatoms. The van der Waals surface area contributed by atoms with Gasteiger partial charge < -0.3 is 4.74 Å². The van der Waals surface area contributed by atoms with Crippen molar-refractivity contribution >= 4 is 11.5 Å². The molecule has 0 spiro atoms. The van der Waals surface area contributed by atoms with E-state index in [0.717, 1.165) is 22.3 Å². The van der Waals surface area contributed by atoms with Crippen molar-refractivity contribution in [2.45, 2.75) is 18.9 Å². The molecular formula is C32H23FO2. The van der Waals surface area contributed by atoms with Crippen LogP contribution in [0.2, 0.25) is 0 Å². The lowest BCUT2D eigenvalue weighted by Gasteiger charge is -2.40. The molecule has 0 aromatic heterocycles. The van der Waals surface area contributed by atoms with Crippen LogP contribution in [0.4, 0.5) is 4.39 Å². The highest BCUT2D eigenvalue weighted by Gasteiger charge is 2.44. The van der Waals surface area contributed by atoms with E-state index in [0.29, 0.717) is 17.7 Å². The van der Waals surface area contributed by atoms with Gasteiger partial charge in [-0.15, -0.1) is 0 Å². The van der Waals surface area contributed by atoms with Gasteiger partial charge >= 0.3 is 0 Å². The maximum absolute atomic E-state index is 14.6. The van der Waals surface area contributed by atoms with Gasteiger partial charge in [-0.2, -0.15) is 0 Å². The molecule has 0 aliphatic heterocycles. The van der Waals surface area contributed by atoms with Crippen LogP contribution in [0.1, 0.15) is 38.2 Å². The molecule has 1 atom stereocenters. The predicted octanol–water partition coefficient (Wildman–Crippen LogP) is 6.88. The maximum atomic E-state index is 14.6. The minimum Gasteiger partial charge on any atom is -0.469 e. The van der Waals surface area contributed by atoms with Gasteiger partial charge in [0.15, 0.2) is 11.4 Å². The number of carbonyl (C=O) groups excluding carboxylic acids is 1. The fourth-order valence-electron chi connectivity index (χ4n) is 4.34. The Morgan fingerprint density at radius 2 is 1.57 bits per heavy atom. The van der Waals surface area contributed by atoms with Crippen molar-refractivity contribution in [1.82, 2.24) is 0 Å². The molecule has 0 heterocycles. The molecule has 0 N–H and O–H groups in total. The molecule has 2 nitrogen and oxygen atoms in total.